The van der Waals surface area contributed by atoms with E-state index in [4.69, 9.17) is 0 Å². The van der Waals surface area contributed by atoms with Crippen molar-refractivity contribution in [2.24, 2.45) is 0 Å². The highest BCUT2D eigenvalue weighted by Crippen LogP contribution is 2.17. The summed E-state index contributed by atoms with van der Waals surface area (Å²) in [5, 5.41) is 2.53. The molecule has 2 N–H and O–H groups in total. The number of fused-ring (bicyclic) bond motifs is 2. The van der Waals surface area contributed by atoms with Gasteiger partial charge in [-0.3, -0.25) is 0 Å². The van der Waals surface area contributed by atoms with E-state index < -0.39 is 0 Å². The van der Waals surface area contributed by atoms with E-state index in [0.29, 0.717) is 0 Å². The normalized spacial score (nSPS) is 10.5. The van der Waals surface area contributed by atoms with Crippen LogP contribution in [0.5, 0.6) is 0 Å². The Labute approximate surface area is 138 Å². The molecule has 0 aliphatic rings. The number of rotatable bonds is 0. The Hall–Kier alpha value is -1.27. The van der Waals surface area contributed by atoms with Crippen LogP contribution in [0.1, 0.15) is 0 Å². The SMILES string of the molecule is Brc1ccc2cc[nH]c2c1.Ic1ccc2cc[nH]c2c1. The average molecular weight is 439 g/mol. The van der Waals surface area contributed by atoms with Crippen LogP contribution in [0.4, 0.5) is 0 Å². The number of H-pyrrole nitrogens is 2. The van der Waals surface area contributed by atoms with Crippen LogP contribution in [0.2, 0.25) is 0 Å². The van der Waals surface area contributed by atoms with E-state index in [-0.39, 0.29) is 0 Å². The fraction of sp³-hybridized carbons (Fsp3) is 0. The minimum Gasteiger partial charge on any atom is -0.361 e. The largest absolute Gasteiger partial charge is 0.361 e. The van der Waals surface area contributed by atoms with Crippen LogP contribution in [0.25, 0.3) is 21.8 Å². The van der Waals surface area contributed by atoms with Gasteiger partial charge in [0.05, 0.1) is 0 Å². The lowest BCUT2D eigenvalue weighted by Crippen LogP contribution is -1.69. The molecule has 2 aromatic heterocycles. The van der Waals surface area contributed by atoms with Gasteiger partial charge in [-0.15, -0.1) is 0 Å². The molecule has 0 aliphatic heterocycles. The minimum atomic E-state index is 1.11. The van der Waals surface area contributed by atoms with Gasteiger partial charge < -0.3 is 9.97 Å². The van der Waals surface area contributed by atoms with Gasteiger partial charge in [0, 0.05) is 31.5 Å². The first-order valence-electron chi connectivity index (χ1n) is 6.18. The highest BCUT2D eigenvalue weighted by atomic mass is 127. The van der Waals surface area contributed by atoms with Crippen molar-refractivity contribution >= 4 is 60.3 Å². The summed E-state index contributed by atoms with van der Waals surface area (Å²) in [6.07, 6.45) is 3.90. The predicted octanol–water partition coefficient (Wildman–Crippen LogP) is 5.70. The second kappa shape index (κ2) is 6.01. The molecule has 20 heavy (non-hydrogen) atoms. The summed E-state index contributed by atoms with van der Waals surface area (Å²) in [5.41, 5.74) is 2.39. The highest BCUT2D eigenvalue weighted by Gasteiger charge is 1.92. The van der Waals surface area contributed by atoms with Gasteiger partial charge in [-0.1, -0.05) is 28.1 Å². The maximum absolute atomic E-state index is 3.40. The van der Waals surface area contributed by atoms with Crippen molar-refractivity contribution in [1.82, 2.24) is 9.97 Å². The van der Waals surface area contributed by atoms with Crippen LogP contribution in [0.15, 0.2) is 65.4 Å². The molecule has 0 fully saturated rings. The van der Waals surface area contributed by atoms with Gasteiger partial charge in [0.25, 0.3) is 0 Å². The number of aromatic nitrogens is 2. The van der Waals surface area contributed by atoms with E-state index in [1.54, 1.807) is 0 Å². The van der Waals surface area contributed by atoms with Gasteiger partial charge in [-0.25, -0.2) is 0 Å². The van der Waals surface area contributed by atoms with Crippen molar-refractivity contribution in [3.05, 3.63) is 69.0 Å². The van der Waals surface area contributed by atoms with Crippen LogP contribution in [-0.2, 0) is 0 Å². The third-order valence-corrected chi connectivity index (χ3v) is 4.20. The van der Waals surface area contributed by atoms with Gasteiger partial charge in [0.15, 0.2) is 0 Å². The van der Waals surface area contributed by atoms with Crippen molar-refractivity contribution in [2.75, 3.05) is 0 Å². The second-order valence-corrected chi connectivity index (χ2v) is 6.58. The number of benzene rings is 2. The topological polar surface area (TPSA) is 31.6 Å². The lowest BCUT2D eigenvalue weighted by Gasteiger charge is -1.89. The third-order valence-electron chi connectivity index (χ3n) is 3.03. The Morgan fingerprint density at radius 1 is 0.750 bits per heavy atom. The Morgan fingerprint density at radius 3 is 2.05 bits per heavy atom. The lowest BCUT2D eigenvalue weighted by molar-refractivity contribution is 1.47. The third kappa shape index (κ3) is 3.07. The Balaban J connectivity index is 0.000000121. The maximum Gasteiger partial charge on any atom is 0.0465 e. The zero-order valence-electron chi connectivity index (χ0n) is 10.5. The minimum absolute atomic E-state index is 1.11. The van der Waals surface area contributed by atoms with E-state index in [1.807, 2.05) is 18.5 Å². The summed E-state index contributed by atoms with van der Waals surface area (Å²) >= 11 is 5.70. The Morgan fingerprint density at radius 2 is 1.35 bits per heavy atom. The molecule has 2 aromatic carbocycles. The predicted molar refractivity (Wildman–Crippen MR) is 97.0 cm³/mol. The van der Waals surface area contributed by atoms with Gasteiger partial charge in [-0.2, -0.15) is 0 Å². The molecular weight excluding hydrogens is 427 g/mol. The standard InChI is InChI=1S/C8H6BrN.C8H6IN/c2*9-7-2-1-6-3-4-10-8(6)5-7/h2*1-5,10H. The average Bonchev–Trinajstić information content (AvgIpc) is 3.06. The summed E-state index contributed by atoms with van der Waals surface area (Å²) < 4.78 is 2.38. The van der Waals surface area contributed by atoms with Gasteiger partial charge in [-0.05, 0) is 69.8 Å². The molecule has 0 saturated carbocycles. The summed E-state index contributed by atoms with van der Waals surface area (Å²) in [5.74, 6) is 0. The molecule has 2 heterocycles. The van der Waals surface area contributed by atoms with E-state index in [0.717, 1.165) is 4.47 Å². The Bertz CT molecular complexity index is 776. The zero-order chi connectivity index (χ0) is 13.9. The number of hydrogen-bond acceptors (Lipinski definition) is 0. The zero-order valence-corrected chi connectivity index (χ0v) is 14.3. The fourth-order valence-electron chi connectivity index (χ4n) is 2.04. The summed E-state index contributed by atoms with van der Waals surface area (Å²) in [7, 11) is 0. The smallest absolute Gasteiger partial charge is 0.0465 e. The van der Waals surface area contributed by atoms with E-state index in [2.05, 4.69) is 91.0 Å². The van der Waals surface area contributed by atoms with Gasteiger partial charge in [0.2, 0.25) is 0 Å². The molecule has 0 spiro atoms. The number of aromatic amines is 2. The van der Waals surface area contributed by atoms with Crippen molar-refractivity contribution in [2.45, 2.75) is 0 Å². The molecule has 4 aromatic rings. The van der Waals surface area contributed by atoms with E-state index in [9.17, 15) is 0 Å². The first kappa shape index (κ1) is 13.7. The van der Waals surface area contributed by atoms with Crippen LogP contribution in [0, 0.1) is 3.57 Å². The molecule has 100 valence electrons. The molecule has 0 radical (unpaired) electrons. The van der Waals surface area contributed by atoms with E-state index >= 15 is 0 Å². The van der Waals surface area contributed by atoms with Gasteiger partial charge >= 0.3 is 0 Å². The molecule has 0 unspecified atom stereocenters. The number of nitrogens with one attached hydrogen (secondary N) is 2. The first-order valence-corrected chi connectivity index (χ1v) is 8.05. The molecule has 0 amide bonds. The summed E-state index contributed by atoms with van der Waals surface area (Å²) in [6.45, 7) is 0. The molecule has 2 nitrogen and oxygen atoms in total. The van der Waals surface area contributed by atoms with Crippen LogP contribution < -0.4 is 0 Å². The monoisotopic (exact) mass is 438 g/mol. The molecule has 4 heteroatoms. The molecule has 0 atom stereocenters. The van der Waals surface area contributed by atoms with Crippen molar-refractivity contribution in [3.8, 4) is 0 Å². The van der Waals surface area contributed by atoms with E-state index in [1.165, 1.54) is 25.4 Å². The molecule has 4 rings (SSSR count). The first-order chi connectivity index (χ1) is 9.72. The maximum atomic E-state index is 3.40. The molecule has 0 saturated heterocycles. The number of hydrogen-bond donors (Lipinski definition) is 2. The van der Waals surface area contributed by atoms with Crippen LogP contribution >= 0.6 is 38.5 Å². The van der Waals surface area contributed by atoms with Crippen molar-refractivity contribution in [3.63, 3.8) is 0 Å². The van der Waals surface area contributed by atoms with Crippen LogP contribution in [0.3, 0.4) is 0 Å². The van der Waals surface area contributed by atoms with Crippen molar-refractivity contribution < 1.29 is 0 Å². The quantitative estimate of drug-likeness (QED) is 0.330. The Kier molecular flexibility index (Phi) is 4.12. The van der Waals surface area contributed by atoms with Crippen LogP contribution in [-0.4, -0.2) is 9.97 Å². The fourth-order valence-corrected chi connectivity index (χ4v) is 2.89. The molecule has 0 aliphatic carbocycles. The lowest BCUT2D eigenvalue weighted by atomic mass is 10.3. The number of halogens is 2. The second-order valence-electron chi connectivity index (χ2n) is 4.42. The molecule has 0 bridgehead atoms. The summed E-state index contributed by atoms with van der Waals surface area (Å²) in [4.78, 5) is 6.29. The highest BCUT2D eigenvalue weighted by molar-refractivity contribution is 14.1. The molecular formula is C16H12BrIN2. The van der Waals surface area contributed by atoms with Gasteiger partial charge in [0.1, 0.15) is 0 Å². The van der Waals surface area contributed by atoms with Crippen molar-refractivity contribution in [1.29, 1.82) is 0 Å². The summed E-state index contributed by atoms with van der Waals surface area (Å²) in [6, 6.07) is 16.7.